The number of nitrogens with two attached hydrogens (primary N) is 1. The van der Waals surface area contributed by atoms with Gasteiger partial charge in [-0.2, -0.15) is 0 Å². The van der Waals surface area contributed by atoms with Gasteiger partial charge in [-0.15, -0.1) is 11.3 Å². The molecule has 2 aromatic heterocycles. The molecule has 3 heterocycles. The van der Waals surface area contributed by atoms with Crippen LogP contribution in [0, 0.1) is 0 Å². The fourth-order valence-electron chi connectivity index (χ4n) is 3.20. The molecule has 1 aromatic carbocycles. The second-order valence-corrected chi connectivity index (χ2v) is 7.29. The molecule has 4 rings (SSSR count). The van der Waals surface area contributed by atoms with Crippen molar-refractivity contribution in [2.24, 2.45) is 4.99 Å². The minimum absolute atomic E-state index is 0.659. The Hall–Kier alpha value is -2.71. The number of morpholine rings is 1. The highest BCUT2D eigenvalue weighted by Crippen LogP contribution is 2.37. The molecule has 0 bridgehead atoms. The monoisotopic (exact) mass is 382 g/mol. The van der Waals surface area contributed by atoms with Crippen molar-refractivity contribution in [1.82, 2.24) is 9.97 Å². The average molecular weight is 382 g/mol. The van der Waals surface area contributed by atoms with Gasteiger partial charge >= 0.3 is 0 Å². The van der Waals surface area contributed by atoms with E-state index in [9.17, 15) is 0 Å². The van der Waals surface area contributed by atoms with Gasteiger partial charge in [-0.3, -0.25) is 4.99 Å². The van der Waals surface area contributed by atoms with E-state index in [-0.39, 0.29) is 0 Å². The molecule has 1 aliphatic rings. The van der Waals surface area contributed by atoms with Crippen molar-refractivity contribution < 1.29 is 4.74 Å². The zero-order valence-corrected chi connectivity index (χ0v) is 16.2. The maximum absolute atomic E-state index is 6.18. The van der Waals surface area contributed by atoms with Gasteiger partial charge in [-0.25, -0.2) is 9.97 Å². The van der Waals surface area contributed by atoms with Crippen molar-refractivity contribution in [2.45, 2.75) is 0 Å². The number of rotatable bonds is 4. The fourth-order valence-corrected chi connectivity index (χ4v) is 4.17. The van der Waals surface area contributed by atoms with Crippen molar-refractivity contribution in [1.29, 1.82) is 0 Å². The first-order valence-electron chi connectivity index (χ1n) is 8.84. The lowest BCUT2D eigenvalue weighted by Gasteiger charge is -2.28. The lowest BCUT2D eigenvalue weighted by atomic mass is 10.1. The van der Waals surface area contributed by atoms with Crippen molar-refractivity contribution in [2.75, 3.05) is 56.3 Å². The molecule has 0 amide bonds. The van der Waals surface area contributed by atoms with Crippen molar-refractivity contribution in [3.05, 3.63) is 29.8 Å². The minimum atomic E-state index is 0.659. The zero-order chi connectivity index (χ0) is 18.8. The summed E-state index contributed by atoms with van der Waals surface area (Å²) in [5.41, 5.74) is 9.50. The smallest absolute Gasteiger partial charge is 0.162 e. The van der Waals surface area contributed by atoms with Crippen LogP contribution in [0.25, 0.3) is 21.6 Å². The highest BCUT2D eigenvalue weighted by Gasteiger charge is 2.21. The number of nitrogens with one attached hydrogen (secondary N) is 1. The lowest BCUT2D eigenvalue weighted by molar-refractivity contribution is 0.122. The Labute approximate surface area is 161 Å². The highest BCUT2D eigenvalue weighted by atomic mass is 32.1. The summed E-state index contributed by atoms with van der Waals surface area (Å²) >= 11 is 1.67. The summed E-state index contributed by atoms with van der Waals surface area (Å²) in [5, 5.41) is 4.28. The van der Waals surface area contributed by atoms with Crippen molar-refractivity contribution in [3.8, 4) is 11.4 Å². The number of hydrogen-bond acceptors (Lipinski definition) is 8. The molecule has 3 N–H and O–H groups in total. The second-order valence-electron chi connectivity index (χ2n) is 6.24. The fraction of sp³-hybridized carbons (Fsp3) is 0.316. The largest absolute Gasteiger partial charge is 0.398 e. The van der Waals surface area contributed by atoms with Gasteiger partial charge in [0.15, 0.2) is 11.6 Å². The standard InChI is InChI=1S/C19H22N6OS/c1-21-11-13-12(4-3-5-14(13)20)18-23-15-10-16(22-2)27-17(15)19(24-18)25-6-8-26-9-7-25/h3-5,10-11,22H,6-9,20H2,1-2H3. The average Bonchev–Trinajstić information content (AvgIpc) is 3.13. The Bertz CT molecular complexity index is 993. The number of aromatic nitrogens is 2. The summed E-state index contributed by atoms with van der Waals surface area (Å²) < 4.78 is 6.60. The molecule has 0 radical (unpaired) electrons. The molecule has 3 aromatic rings. The summed E-state index contributed by atoms with van der Waals surface area (Å²) in [6, 6.07) is 7.84. The van der Waals surface area contributed by atoms with Gasteiger partial charge in [0.2, 0.25) is 0 Å². The molecule has 27 heavy (non-hydrogen) atoms. The van der Waals surface area contributed by atoms with E-state index in [1.165, 1.54) is 0 Å². The van der Waals surface area contributed by atoms with Crippen LogP contribution in [0.5, 0.6) is 0 Å². The van der Waals surface area contributed by atoms with Crippen LogP contribution in [0.3, 0.4) is 0 Å². The van der Waals surface area contributed by atoms with Crippen LogP contribution < -0.4 is 16.0 Å². The maximum Gasteiger partial charge on any atom is 0.162 e. The van der Waals surface area contributed by atoms with Crippen molar-refractivity contribution >= 4 is 44.3 Å². The summed E-state index contributed by atoms with van der Waals surface area (Å²) in [6.45, 7) is 3.05. The van der Waals surface area contributed by atoms with E-state index in [2.05, 4.69) is 21.3 Å². The number of hydrogen-bond donors (Lipinski definition) is 2. The van der Waals surface area contributed by atoms with Crippen LogP contribution in [0.15, 0.2) is 29.3 Å². The van der Waals surface area contributed by atoms with Crippen LogP contribution in [-0.2, 0) is 4.74 Å². The molecule has 0 saturated carbocycles. The highest BCUT2D eigenvalue weighted by molar-refractivity contribution is 7.23. The molecule has 1 saturated heterocycles. The number of ether oxygens (including phenoxy) is 1. The molecule has 1 fully saturated rings. The molecule has 140 valence electrons. The number of anilines is 3. The van der Waals surface area contributed by atoms with Crippen molar-refractivity contribution in [3.63, 3.8) is 0 Å². The predicted octanol–water partition coefficient (Wildman–Crippen LogP) is 2.87. The van der Waals surface area contributed by atoms with Gasteiger partial charge in [0.05, 0.1) is 28.4 Å². The predicted molar refractivity (Wildman–Crippen MR) is 113 cm³/mol. The Morgan fingerprint density at radius 1 is 1.30 bits per heavy atom. The van der Waals surface area contributed by atoms with Gasteiger partial charge in [-0.1, -0.05) is 12.1 Å². The first-order valence-corrected chi connectivity index (χ1v) is 9.66. The van der Waals surface area contributed by atoms with Gasteiger partial charge in [-0.05, 0) is 12.1 Å². The third kappa shape index (κ3) is 3.33. The molecule has 7 nitrogen and oxygen atoms in total. The normalized spacial score (nSPS) is 15.0. The molecule has 0 spiro atoms. The second kappa shape index (κ2) is 7.50. The maximum atomic E-state index is 6.18. The third-order valence-corrected chi connectivity index (χ3v) is 5.69. The van der Waals surface area contributed by atoms with Crippen LogP contribution in [0.1, 0.15) is 5.56 Å². The van der Waals surface area contributed by atoms with E-state index in [1.807, 2.05) is 25.2 Å². The minimum Gasteiger partial charge on any atom is -0.398 e. The van der Waals surface area contributed by atoms with E-state index in [0.29, 0.717) is 24.7 Å². The molecular weight excluding hydrogens is 360 g/mol. The first kappa shape index (κ1) is 17.7. The Balaban J connectivity index is 1.93. The van der Waals surface area contributed by atoms with Gasteiger partial charge < -0.3 is 20.7 Å². The number of thiophene rings is 1. The number of benzene rings is 1. The van der Waals surface area contributed by atoms with E-state index in [0.717, 1.165) is 45.3 Å². The number of nitrogens with zero attached hydrogens (tertiary/aromatic N) is 4. The third-order valence-electron chi connectivity index (χ3n) is 4.55. The number of nitrogen functional groups attached to an aromatic ring is 1. The quantitative estimate of drug-likeness (QED) is 0.533. The molecule has 0 aliphatic carbocycles. The summed E-state index contributed by atoms with van der Waals surface area (Å²) in [7, 11) is 3.65. The Morgan fingerprint density at radius 3 is 2.85 bits per heavy atom. The van der Waals surface area contributed by atoms with E-state index in [4.69, 9.17) is 20.4 Å². The summed E-state index contributed by atoms with van der Waals surface area (Å²) in [4.78, 5) is 16.2. The summed E-state index contributed by atoms with van der Waals surface area (Å²) in [5.74, 6) is 1.61. The number of aliphatic imine (C=N–C) groups is 1. The SMILES string of the molecule is CN=Cc1c(N)cccc1-c1nc(N2CCOCC2)c2sc(NC)cc2n1. The van der Waals surface area contributed by atoms with E-state index in [1.54, 1.807) is 24.6 Å². The molecule has 0 atom stereocenters. The Morgan fingerprint density at radius 2 is 2.11 bits per heavy atom. The first-order chi connectivity index (χ1) is 13.2. The molecule has 8 heteroatoms. The molecule has 0 unspecified atom stereocenters. The van der Waals surface area contributed by atoms with Gasteiger partial charge in [0.1, 0.15) is 0 Å². The van der Waals surface area contributed by atoms with Gasteiger partial charge in [0.25, 0.3) is 0 Å². The van der Waals surface area contributed by atoms with E-state index >= 15 is 0 Å². The van der Waals surface area contributed by atoms with Gasteiger partial charge in [0, 0.05) is 50.2 Å². The Kier molecular flexibility index (Phi) is 4.91. The van der Waals surface area contributed by atoms with Crippen LogP contribution in [0.2, 0.25) is 0 Å². The van der Waals surface area contributed by atoms with Crippen LogP contribution >= 0.6 is 11.3 Å². The van der Waals surface area contributed by atoms with Crippen LogP contribution in [0.4, 0.5) is 16.5 Å². The lowest BCUT2D eigenvalue weighted by Crippen LogP contribution is -2.36. The zero-order valence-electron chi connectivity index (χ0n) is 15.4. The summed E-state index contributed by atoms with van der Waals surface area (Å²) in [6.07, 6.45) is 1.76. The number of fused-ring (bicyclic) bond motifs is 1. The molecular formula is C19H22N6OS. The topological polar surface area (TPSA) is 88.7 Å². The van der Waals surface area contributed by atoms with Crippen LogP contribution in [-0.4, -0.2) is 56.6 Å². The molecule has 1 aliphatic heterocycles. The van der Waals surface area contributed by atoms with E-state index < -0.39 is 0 Å².